The predicted molar refractivity (Wildman–Crippen MR) is 106 cm³/mol. The van der Waals surface area contributed by atoms with E-state index in [1.165, 1.54) is 18.4 Å². The third-order valence-electron chi connectivity index (χ3n) is 7.80. The second-order valence-corrected chi connectivity index (χ2v) is 9.18. The van der Waals surface area contributed by atoms with Crippen LogP contribution in [0.3, 0.4) is 0 Å². The standard InChI is InChI=1S/C23H31NO4/c1-3-28-23-9-8-17(25)13-22(23)10-11-24(14-15-4-5-15)19(23)12-16-6-7-18(26)21(27-2)20(16)22/h6-7,15,19,26H,3-5,8-14H2,1-2H3/t19-,22-,23+/m0/s1. The second-order valence-electron chi connectivity index (χ2n) is 9.18. The maximum absolute atomic E-state index is 12.8. The van der Waals surface area contributed by atoms with Gasteiger partial charge in [0.15, 0.2) is 11.5 Å². The molecule has 3 aliphatic carbocycles. The minimum Gasteiger partial charge on any atom is -0.504 e. The van der Waals surface area contributed by atoms with Crippen LogP contribution in [-0.2, 0) is 21.4 Å². The Morgan fingerprint density at radius 3 is 2.82 bits per heavy atom. The minimum atomic E-state index is -0.402. The van der Waals surface area contributed by atoms with Gasteiger partial charge in [0.25, 0.3) is 0 Å². The van der Waals surface area contributed by atoms with Crippen LogP contribution < -0.4 is 4.74 Å². The van der Waals surface area contributed by atoms with Gasteiger partial charge in [-0.25, -0.2) is 0 Å². The molecule has 5 rings (SSSR count). The summed E-state index contributed by atoms with van der Waals surface area (Å²) in [7, 11) is 1.62. The van der Waals surface area contributed by atoms with Crippen LogP contribution in [0.1, 0.15) is 56.6 Å². The van der Waals surface area contributed by atoms with E-state index in [0.29, 0.717) is 31.0 Å². The fourth-order valence-corrected chi connectivity index (χ4v) is 6.57. The first-order valence-electron chi connectivity index (χ1n) is 10.8. The third kappa shape index (κ3) is 2.42. The molecule has 3 atom stereocenters. The van der Waals surface area contributed by atoms with Crippen LogP contribution in [0, 0.1) is 5.92 Å². The monoisotopic (exact) mass is 385 g/mol. The molecule has 0 aromatic heterocycles. The van der Waals surface area contributed by atoms with Gasteiger partial charge in [-0.1, -0.05) is 6.07 Å². The van der Waals surface area contributed by atoms with Gasteiger partial charge in [-0.05, 0) is 63.1 Å². The summed E-state index contributed by atoms with van der Waals surface area (Å²) in [5.74, 6) is 1.85. The zero-order valence-electron chi connectivity index (χ0n) is 17.0. The van der Waals surface area contributed by atoms with Crippen LogP contribution in [0.2, 0.25) is 0 Å². The summed E-state index contributed by atoms with van der Waals surface area (Å²) < 4.78 is 12.4. The smallest absolute Gasteiger partial charge is 0.164 e. The highest BCUT2D eigenvalue weighted by molar-refractivity contribution is 5.83. The number of methoxy groups -OCH3 is 1. The van der Waals surface area contributed by atoms with E-state index in [1.54, 1.807) is 13.2 Å². The lowest BCUT2D eigenvalue weighted by atomic mass is 9.49. The molecule has 28 heavy (non-hydrogen) atoms. The van der Waals surface area contributed by atoms with E-state index < -0.39 is 5.41 Å². The number of benzene rings is 1. The molecule has 1 aliphatic heterocycles. The number of ether oxygens (including phenoxy) is 2. The number of hydrogen-bond donors (Lipinski definition) is 1. The maximum Gasteiger partial charge on any atom is 0.164 e. The van der Waals surface area contributed by atoms with Crippen molar-refractivity contribution >= 4 is 5.78 Å². The largest absolute Gasteiger partial charge is 0.504 e. The van der Waals surface area contributed by atoms with Crippen molar-refractivity contribution in [3.8, 4) is 11.5 Å². The van der Waals surface area contributed by atoms with Gasteiger partial charge in [0.2, 0.25) is 0 Å². The van der Waals surface area contributed by atoms with Crippen molar-refractivity contribution in [1.29, 1.82) is 0 Å². The molecule has 0 radical (unpaired) electrons. The third-order valence-corrected chi connectivity index (χ3v) is 7.80. The van der Waals surface area contributed by atoms with Crippen molar-refractivity contribution in [2.75, 3.05) is 26.8 Å². The van der Waals surface area contributed by atoms with Gasteiger partial charge >= 0.3 is 0 Å². The SMILES string of the molecule is CCO[C@@]12CCC(=O)C[C@]13CCN(CC1CC1)[C@H]2Cc1ccc(O)c(OC)c13. The first-order valence-corrected chi connectivity index (χ1v) is 10.8. The van der Waals surface area contributed by atoms with Crippen molar-refractivity contribution in [2.45, 2.75) is 68.9 Å². The van der Waals surface area contributed by atoms with Crippen molar-refractivity contribution in [3.63, 3.8) is 0 Å². The van der Waals surface area contributed by atoms with Gasteiger partial charge in [0.1, 0.15) is 5.78 Å². The number of carbonyl (C=O) groups excluding carboxylic acids is 1. The first-order chi connectivity index (χ1) is 13.5. The van der Waals surface area contributed by atoms with Crippen LogP contribution in [0.15, 0.2) is 12.1 Å². The predicted octanol–water partition coefficient (Wildman–Crippen LogP) is 3.21. The number of nitrogens with zero attached hydrogens (tertiary/aromatic N) is 1. The fourth-order valence-electron chi connectivity index (χ4n) is 6.57. The number of phenolic OH excluding ortho intramolecular Hbond substituents is 1. The zero-order chi connectivity index (χ0) is 19.5. The average molecular weight is 386 g/mol. The van der Waals surface area contributed by atoms with Crippen molar-refractivity contribution in [1.82, 2.24) is 4.90 Å². The van der Waals surface area contributed by atoms with Crippen LogP contribution in [-0.4, -0.2) is 54.2 Å². The molecule has 4 aliphatic rings. The number of Topliss-reactive ketones (excluding diaryl/α,β-unsaturated/α-hetero) is 1. The second kappa shape index (κ2) is 6.46. The molecule has 1 aromatic carbocycles. The molecule has 5 heteroatoms. The normalized spacial score (nSPS) is 34.6. The zero-order valence-corrected chi connectivity index (χ0v) is 17.0. The number of ketones is 1. The Morgan fingerprint density at radius 1 is 1.29 bits per heavy atom. The summed E-state index contributed by atoms with van der Waals surface area (Å²) in [6, 6.07) is 4.07. The molecular formula is C23H31NO4. The minimum absolute atomic E-state index is 0.165. The van der Waals surface area contributed by atoms with Crippen LogP contribution in [0.5, 0.6) is 11.5 Å². The quantitative estimate of drug-likeness (QED) is 0.843. The first kappa shape index (κ1) is 18.4. The fraction of sp³-hybridized carbons (Fsp3) is 0.696. The molecule has 2 bridgehead atoms. The lowest BCUT2D eigenvalue weighted by molar-refractivity contribution is -0.198. The maximum atomic E-state index is 12.8. The number of likely N-dealkylation sites (tertiary alicyclic amines) is 1. The number of piperidine rings is 1. The van der Waals surface area contributed by atoms with Gasteiger partial charge in [-0.15, -0.1) is 0 Å². The van der Waals surface area contributed by atoms with E-state index in [1.807, 2.05) is 6.07 Å². The lowest BCUT2D eigenvalue weighted by Gasteiger charge is -2.65. The summed E-state index contributed by atoms with van der Waals surface area (Å²) in [6.07, 6.45) is 6.31. The Morgan fingerprint density at radius 2 is 2.11 bits per heavy atom. The summed E-state index contributed by atoms with van der Waals surface area (Å²) in [5, 5.41) is 10.5. The molecule has 2 saturated carbocycles. The molecule has 0 spiro atoms. The Labute approximate surface area is 167 Å². The highest BCUT2D eigenvalue weighted by Crippen LogP contribution is 2.62. The molecule has 1 saturated heterocycles. The molecule has 5 nitrogen and oxygen atoms in total. The van der Waals surface area contributed by atoms with Gasteiger partial charge < -0.3 is 14.6 Å². The van der Waals surface area contributed by atoms with Gasteiger partial charge in [-0.2, -0.15) is 0 Å². The average Bonchev–Trinajstić information content (AvgIpc) is 3.49. The van der Waals surface area contributed by atoms with E-state index in [4.69, 9.17) is 9.47 Å². The number of hydrogen-bond acceptors (Lipinski definition) is 5. The van der Waals surface area contributed by atoms with Crippen molar-refractivity contribution in [2.24, 2.45) is 5.92 Å². The molecule has 3 fully saturated rings. The molecule has 1 aromatic rings. The highest BCUT2D eigenvalue weighted by Gasteiger charge is 2.67. The molecule has 1 N–H and O–H groups in total. The highest BCUT2D eigenvalue weighted by atomic mass is 16.5. The Hall–Kier alpha value is -1.59. The topological polar surface area (TPSA) is 59.0 Å². The summed E-state index contributed by atoms with van der Waals surface area (Å²) in [6.45, 7) is 4.84. The van der Waals surface area contributed by atoms with Crippen molar-refractivity contribution < 1.29 is 19.4 Å². The Balaban J connectivity index is 1.72. The van der Waals surface area contributed by atoms with Gasteiger partial charge in [-0.3, -0.25) is 9.69 Å². The summed E-state index contributed by atoms with van der Waals surface area (Å²) in [4.78, 5) is 15.4. The van der Waals surface area contributed by atoms with Crippen molar-refractivity contribution in [3.05, 3.63) is 23.3 Å². The Bertz CT molecular complexity index is 804. The number of carbonyl (C=O) groups is 1. The molecule has 0 unspecified atom stereocenters. The molecule has 152 valence electrons. The number of fused-ring (bicyclic) bond motifs is 1. The van der Waals surface area contributed by atoms with E-state index in [-0.39, 0.29) is 17.4 Å². The van der Waals surface area contributed by atoms with E-state index in [2.05, 4.69) is 11.8 Å². The van der Waals surface area contributed by atoms with E-state index >= 15 is 0 Å². The van der Waals surface area contributed by atoms with E-state index in [0.717, 1.165) is 43.8 Å². The number of phenols is 1. The van der Waals surface area contributed by atoms with Crippen LogP contribution in [0.25, 0.3) is 0 Å². The molecule has 1 heterocycles. The number of aromatic hydroxyl groups is 1. The Kier molecular flexibility index (Phi) is 4.25. The summed E-state index contributed by atoms with van der Waals surface area (Å²) in [5.41, 5.74) is 1.47. The van der Waals surface area contributed by atoms with Crippen LogP contribution in [0.4, 0.5) is 0 Å². The summed E-state index contributed by atoms with van der Waals surface area (Å²) >= 11 is 0. The van der Waals surface area contributed by atoms with E-state index in [9.17, 15) is 9.90 Å². The van der Waals surface area contributed by atoms with Crippen LogP contribution >= 0.6 is 0 Å². The van der Waals surface area contributed by atoms with Gasteiger partial charge in [0, 0.05) is 43.0 Å². The molecular weight excluding hydrogens is 354 g/mol. The molecule has 0 amide bonds. The van der Waals surface area contributed by atoms with Gasteiger partial charge in [0.05, 0.1) is 12.7 Å². The lowest BCUT2D eigenvalue weighted by Crippen LogP contribution is -2.74. The number of rotatable bonds is 5.